The average molecular weight is 164 g/mol. The number of aliphatic carboxylic acids is 1. The summed E-state index contributed by atoms with van der Waals surface area (Å²) in [4.78, 5) is 17.9. The minimum atomic E-state index is -0.932. The Morgan fingerprint density at radius 2 is 2.08 bits per heavy atom. The number of rotatable bonds is 2. The second-order valence-corrected chi connectivity index (χ2v) is 2.30. The number of hydrogen-bond acceptors (Lipinski definition) is 3. The Hall–Kier alpha value is -1.71. The highest BCUT2D eigenvalue weighted by molar-refractivity contribution is 5.91. The van der Waals surface area contributed by atoms with E-state index in [0.717, 1.165) is 0 Å². The van der Waals surface area contributed by atoms with Crippen LogP contribution >= 0.6 is 0 Å². The Bertz CT molecular complexity index is 306. The van der Waals surface area contributed by atoms with Crippen LogP contribution in [0.3, 0.4) is 0 Å². The van der Waals surface area contributed by atoms with Crippen molar-refractivity contribution in [3.63, 3.8) is 0 Å². The average Bonchev–Trinajstić information content (AvgIpc) is 2.06. The van der Waals surface area contributed by atoms with Gasteiger partial charge in [0.05, 0.1) is 0 Å². The summed E-state index contributed by atoms with van der Waals surface area (Å²) in [5.41, 5.74) is 0.960. The molecule has 0 aliphatic rings. The molecule has 0 unspecified atom stereocenters. The first-order chi connectivity index (χ1) is 5.70. The van der Waals surface area contributed by atoms with Gasteiger partial charge in [-0.25, -0.2) is 14.8 Å². The summed E-state index contributed by atoms with van der Waals surface area (Å²) in [6, 6.07) is 0. The minimum absolute atomic E-state index is 0.268. The third kappa shape index (κ3) is 2.16. The third-order valence-corrected chi connectivity index (χ3v) is 1.30. The van der Waals surface area contributed by atoms with Crippen molar-refractivity contribution >= 4 is 12.0 Å². The molecule has 0 bridgehead atoms. The van der Waals surface area contributed by atoms with Gasteiger partial charge in [0.25, 0.3) is 0 Å². The molecule has 12 heavy (non-hydrogen) atoms. The molecule has 0 aliphatic carbocycles. The SMILES string of the molecule is C/C(=C\c1cncnc1)C(=O)O. The molecule has 4 heteroatoms. The fourth-order valence-corrected chi connectivity index (χ4v) is 0.697. The first kappa shape index (κ1) is 8.39. The van der Waals surface area contributed by atoms with Crippen LogP contribution in [-0.4, -0.2) is 21.0 Å². The molecule has 0 spiro atoms. The van der Waals surface area contributed by atoms with Crippen molar-refractivity contribution in [3.05, 3.63) is 29.9 Å². The lowest BCUT2D eigenvalue weighted by Gasteiger charge is -1.92. The van der Waals surface area contributed by atoms with Crippen LogP contribution in [0, 0.1) is 0 Å². The van der Waals surface area contributed by atoms with Gasteiger partial charge < -0.3 is 5.11 Å². The number of carboxylic acids is 1. The first-order valence-electron chi connectivity index (χ1n) is 3.37. The normalized spacial score (nSPS) is 11.2. The number of aromatic nitrogens is 2. The van der Waals surface area contributed by atoms with Crippen LogP contribution in [0.2, 0.25) is 0 Å². The molecule has 1 N–H and O–H groups in total. The summed E-state index contributed by atoms with van der Waals surface area (Å²) in [5, 5.41) is 8.53. The van der Waals surface area contributed by atoms with Gasteiger partial charge in [-0.05, 0) is 13.0 Å². The second-order valence-electron chi connectivity index (χ2n) is 2.30. The van der Waals surface area contributed by atoms with Crippen LogP contribution in [0.1, 0.15) is 12.5 Å². The van der Waals surface area contributed by atoms with E-state index in [9.17, 15) is 4.79 Å². The highest BCUT2D eigenvalue weighted by atomic mass is 16.4. The van der Waals surface area contributed by atoms with Crippen LogP contribution in [0.5, 0.6) is 0 Å². The van der Waals surface area contributed by atoms with Gasteiger partial charge in [0.15, 0.2) is 0 Å². The Morgan fingerprint density at radius 3 is 2.58 bits per heavy atom. The van der Waals surface area contributed by atoms with Crippen molar-refractivity contribution < 1.29 is 9.90 Å². The standard InChI is InChI=1S/C8H8N2O2/c1-6(8(11)12)2-7-3-9-5-10-4-7/h2-5H,1H3,(H,11,12)/b6-2+. The van der Waals surface area contributed by atoms with E-state index in [1.54, 1.807) is 12.4 Å². The fourth-order valence-electron chi connectivity index (χ4n) is 0.697. The largest absolute Gasteiger partial charge is 0.478 e. The van der Waals surface area contributed by atoms with Crippen LogP contribution in [0.4, 0.5) is 0 Å². The summed E-state index contributed by atoms with van der Waals surface area (Å²) in [5.74, 6) is -0.932. The van der Waals surface area contributed by atoms with Crippen molar-refractivity contribution in [1.82, 2.24) is 9.97 Å². The minimum Gasteiger partial charge on any atom is -0.478 e. The Kier molecular flexibility index (Phi) is 2.53. The quantitative estimate of drug-likeness (QED) is 0.661. The molecule has 1 rings (SSSR count). The van der Waals surface area contributed by atoms with E-state index in [4.69, 9.17) is 5.11 Å². The number of carboxylic acid groups (broad SMARTS) is 1. The van der Waals surface area contributed by atoms with Crippen LogP contribution in [-0.2, 0) is 4.79 Å². The van der Waals surface area contributed by atoms with Gasteiger partial charge >= 0.3 is 5.97 Å². The first-order valence-corrected chi connectivity index (χ1v) is 3.37. The predicted octanol–water partition coefficient (Wildman–Crippen LogP) is 0.965. The lowest BCUT2D eigenvalue weighted by atomic mass is 10.2. The predicted molar refractivity (Wildman–Crippen MR) is 43.3 cm³/mol. The maximum absolute atomic E-state index is 10.4. The van der Waals surface area contributed by atoms with E-state index in [1.165, 1.54) is 19.3 Å². The molecule has 0 saturated carbocycles. The topological polar surface area (TPSA) is 63.1 Å². The van der Waals surface area contributed by atoms with E-state index >= 15 is 0 Å². The zero-order chi connectivity index (χ0) is 8.97. The third-order valence-electron chi connectivity index (χ3n) is 1.30. The molecule has 0 atom stereocenters. The highest BCUT2D eigenvalue weighted by Crippen LogP contribution is 2.02. The van der Waals surface area contributed by atoms with Crippen LogP contribution < -0.4 is 0 Å². The molecule has 0 aromatic carbocycles. The van der Waals surface area contributed by atoms with Gasteiger partial charge in [0.1, 0.15) is 6.33 Å². The molecule has 1 aromatic heterocycles. The van der Waals surface area contributed by atoms with Gasteiger partial charge in [0, 0.05) is 23.5 Å². The number of nitrogens with zero attached hydrogens (tertiary/aromatic N) is 2. The summed E-state index contributed by atoms with van der Waals surface area (Å²) in [6.45, 7) is 1.52. The Morgan fingerprint density at radius 1 is 1.50 bits per heavy atom. The zero-order valence-electron chi connectivity index (χ0n) is 6.56. The number of carbonyl (C=O) groups is 1. The molecule has 0 saturated heterocycles. The summed E-state index contributed by atoms with van der Waals surface area (Å²) in [6.07, 6.45) is 6.02. The van der Waals surface area contributed by atoms with Crippen LogP contribution in [0.25, 0.3) is 6.08 Å². The van der Waals surface area contributed by atoms with E-state index < -0.39 is 5.97 Å². The highest BCUT2D eigenvalue weighted by Gasteiger charge is 1.98. The second kappa shape index (κ2) is 3.61. The molecule has 62 valence electrons. The lowest BCUT2D eigenvalue weighted by molar-refractivity contribution is -0.132. The smallest absolute Gasteiger partial charge is 0.331 e. The lowest BCUT2D eigenvalue weighted by Crippen LogP contribution is -1.95. The van der Waals surface area contributed by atoms with Gasteiger partial charge in [-0.3, -0.25) is 0 Å². The van der Waals surface area contributed by atoms with E-state index in [0.29, 0.717) is 5.56 Å². The van der Waals surface area contributed by atoms with Crippen LogP contribution in [0.15, 0.2) is 24.3 Å². The van der Waals surface area contributed by atoms with E-state index in [2.05, 4.69) is 9.97 Å². The van der Waals surface area contributed by atoms with E-state index in [-0.39, 0.29) is 5.57 Å². The van der Waals surface area contributed by atoms with Gasteiger partial charge in [-0.2, -0.15) is 0 Å². The van der Waals surface area contributed by atoms with Crippen molar-refractivity contribution in [3.8, 4) is 0 Å². The molecule has 0 fully saturated rings. The molecule has 1 heterocycles. The van der Waals surface area contributed by atoms with Crippen molar-refractivity contribution in [2.45, 2.75) is 6.92 Å². The molecule has 4 nitrogen and oxygen atoms in total. The monoisotopic (exact) mass is 164 g/mol. The van der Waals surface area contributed by atoms with Gasteiger partial charge in [-0.1, -0.05) is 0 Å². The molecular formula is C8H8N2O2. The summed E-state index contributed by atoms with van der Waals surface area (Å²) in [7, 11) is 0. The molecule has 1 aromatic rings. The summed E-state index contributed by atoms with van der Waals surface area (Å²) < 4.78 is 0. The number of hydrogen-bond donors (Lipinski definition) is 1. The van der Waals surface area contributed by atoms with Crippen molar-refractivity contribution in [1.29, 1.82) is 0 Å². The van der Waals surface area contributed by atoms with Gasteiger partial charge in [0.2, 0.25) is 0 Å². The maximum atomic E-state index is 10.4. The van der Waals surface area contributed by atoms with Gasteiger partial charge in [-0.15, -0.1) is 0 Å². The molecule has 0 amide bonds. The molecule has 0 aliphatic heterocycles. The molecular weight excluding hydrogens is 156 g/mol. The van der Waals surface area contributed by atoms with E-state index in [1.807, 2.05) is 0 Å². The van der Waals surface area contributed by atoms with Crippen molar-refractivity contribution in [2.24, 2.45) is 0 Å². The summed E-state index contributed by atoms with van der Waals surface area (Å²) >= 11 is 0. The molecule has 0 radical (unpaired) electrons. The zero-order valence-corrected chi connectivity index (χ0v) is 6.56. The maximum Gasteiger partial charge on any atom is 0.331 e. The Balaban J connectivity index is 2.89. The fraction of sp³-hybridized carbons (Fsp3) is 0.125. The Labute approximate surface area is 69.6 Å². The van der Waals surface area contributed by atoms with Crippen molar-refractivity contribution in [2.75, 3.05) is 0 Å².